The monoisotopic (exact) mass is 251 g/mol. The fraction of sp³-hybridized carbons (Fsp3) is 0.333. The van der Waals surface area contributed by atoms with E-state index in [1.54, 1.807) is 6.07 Å². The van der Waals surface area contributed by atoms with E-state index in [-0.39, 0.29) is 0 Å². The van der Waals surface area contributed by atoms with Crippen molar-refractivity contribution < 1.29 is 4.74 Å². The van der Waals surface area contributed by atoms with Gasteiger partial charge in [-0.1, -0.05) is 24.6 Å². The first-order chi connectivity index (χ1) is 8.28. The topological polar surface area (TPSA) is 50.8 Å². The summed E-state index contributed by atoms with van der Waals surface area (Å²) >= 11 is 5.86. The third-order valence-electron chi connectivity index (χ3n) is 2.22. The van der Waals surface area contributed by atoms with Crippen LogP contribution in [0.4, 0.5) is 0 Å². The van der Waals surface area contributed by atoms with Gasteiger partial charge in [-0.2, -0.15) is 5.10 Å². The molecule has 2 aromatic rings. The fourth-order valence-electron chi connectivity index (χ4n) is 1.44. The van der Waals surface area contributed by atoms with Crippen molar-refractivity contribution in [1.82, 2.24) is 15.2 Å². The molecule has 5 heteroatoms. The first-order valence-corrected chi connectivity index (χ1v) is 5.94. The zero-order valence-corrected chi connectivity index (χ0v) is 10.4. The lowest BCUT2D eigenvalue weighted by Crippen LogP contribution is -1.97. The smallest absolute Gasteiger partial charge is 0.162 e. The van der Waals surface area contributed by atoms with Crippen LogP contribution in [0, 0.1) is 0 Å². The molecule has 1 heterocycles. The van der Waals surface area contributed by atoms with Gasteiger partial charge in [-0.15, -0.1) is 0 Å². The van der Waals surface area contributed by atoms with Gasteiger partial charge in [-0.25, -0.2) is 4.98 Å². The highest BCUT2D eigenvalue weighted by molar-refractivity contribution is 6.30. The number of H-pyrrole nitrogens is 1. The number of hydrogen-bond donors (Lipinski definition) is 1. The number of hydrogen-bond acceptors (Lipinski definition) is 3. The van der Waals surface area contributed by atoms with Crippen molar-refractivity contribution in [2.45, 2.75) is 26.4 Å². The average molecular weight is 252 g/mol. The molecule has 0 spiro atoms. The molecule has 90 valence electrons. The minimum absolute atomic E-state index is 0.372. The Morgan fingerprint density at radius 3 is 3.06 bits per heavy atom. The highest BCUT2D eigenvalue weighted by Crippen LogP contribution is 2.17. The summed E-state index contributed by atoms with van der Waals surface area (Å²) in [6.07, 6.45) is 1.92. The van der Waals surface area contributed by atoms with E-state index in [0.29, 0.717) is 11.6 Å². The van der Waals surface area contributed by atoms with Gasteiger partial charge in [-0.05, 0) is 24.6 Å². The third kappa shape index (κ3) is 3.46. The van der Waals surface area contributed by atoms with Crippen LogP contribution in [0.5, 0.6) is 5.75 Å². The second-order valence-corrected chi connectivity index (χ2v) is 4.13. The molecule has 1 aromatic carbocycles. The number of ether oxygens (including phenoxy) is 1. The summed E-state index contributed by atoms with van der Waals surface area (Å²) in [7, 11) is 0. The van der Waals surface area contributed by atoms with E-state index in [1.807, 2.05) is 18.2 Å². The van der Waals surface area contributed by atoms with Gasteiger partial charge in [0.15, 0.2) is 11.6 Å². The van der Waals surface area contributed by atoms with Crippen molar-refractivity contribution in [2.24, 2.45) is 0 Å². The highest BCUT2D eigenvalue weighted by atomic mass is 35.5. The van der Waals surface area contributed by atoms with Crippen LogP contribution < -0.4 is 4.74 Å². The molecule has 2 rings (SSSR count). The Hall–Kier alpha value is -1.55. The van der Waals surface area contributed by atoms with Gasteiger partial charge in [0.25, 0.3) is 0 Å². The maximum Gasteiger partial charge on any atom is 0.162 e. The van der Waals surface area contributed by atoms with E-state index in [1.165, 1.54) is 0 Å². The number of rotatable bonds is 5. The van der Waals surface area contributed by atoms with Gasteiger partial charge < -0.3 is 4.74 Å². The van der Waals surface area contributed by atoms with Crippen LogP contribution in [0.3, 0.4) is 0 Å². The second-order valence-electron chi connectivity index (χ2n) is 3.69. The van der Waals surface area contributed by atoms with Crippen LogP contribution in [0.2, 0.25) is 5.02 Å². The third-order valence-corrected chi connectivity index (χ3v) is 2.46. The summed E-state index contributed by atoms with van der Waals surface area (Å²) in [5.74, 6) is 2.29. The average Bonchev–Trinajstić information content (AvgIpc) is 2.75. The summed E-state index contributed by atoms with van der Waals surface area (Å²) in [6, 6.07) is 7.28. The first-order valence-electron chi connectivity index (χ1n) is 5.56. The fourth-order valence-corrected chi connectivity index (χ4v) is 1.62. The Morgan fingerprint density at radius 2 is 2.29 bits per heavy atom. The van der Waals surface area contributed by atoms with Crippen molar-refractivity contribution in [2.75, 3.05) is 0 Å². The van der Waals surface area contributed by atoms with Gasteiger partial charge in [-0.3, -0.25) is 5.10 Å². The van der Waals surface area contributed by atoms with E-state index < -0.39 is 0 Å². The molecule has 0 aliphatic carbocycles. The molecule has 0 aliphatic heterocycles. The van der Waals surface area contributed by atoms with Crippen molar-refractivity contribution in [3.8, 4) is 5.75 Å². The number of halogens is 1. The lowest BCUT2D eigenvalue weighted by molar-refractivity contribution is 0.296. The number of nitrogens with zero attached hydrogens (tertiary/aromatic N) is 2. The summed E-state index contributed by atoms with van der Waals surface area (Å²) in [5.41, 5.74) is 0. The SMILES string of the molecule is CCCc1n[nH]c(COc2cccc(Cl)c2)n1. The molecule has 4 nitrogen and oxygen atoms in total. The summed E-state index contributed by atoms with van der Waals surface area (Å²) in [4.78, 5) is 4.31. The number of benzene rings is 1. The Bertz CT molecular complexity index is 484. The van der Waals surface area contributed by atoms with Gasteiger partial charge in [0.1, 0.15) is 12.4 Å². The van der Waals surface area contributed by atoms with Crippen molar-refractivity contribution in [1.29, 1.82) is 0 Å². The minimum Gasteiger partial charge on any atom is -0.486 e. The molecule has 0 saturated heterocycles. The molecule has 0 fully saturated rings. The van der Waals surface area contributed by atoms with Crippen LogP contribution in [0.25, 0.3) is 0 Å². The quantitative estimate of drug-likeness (QED) is 0.889. The maximum absolute atomic E-state index is 5.86. The van der Waals surface area contributed by atoms with Gasteiger partial charge in [0, 0.05) is 11.4 Å². The summed E-state index contributed by atoms with van der Waals surface area (Å²) < 4.78 is 5.55. The predicted molar refractivity (Wildman–Crippen MR) is 66.2 cm³/mol. The van der Waals surface area contributed by atoms with E-state index in [2.05, 4.69) is 22.1 Å². The Morgan fingerprint density at radius 1 is 1.41 bits per heavy atom. The van der Waals surface area contributed by atoms with Gasteiger partial charge in [0.2, 0.25) is 0 Å². The number of aromatic amines is 1. The van der Waals surface area contributed by atoms with Crippen molar-refractivity contribution in [3.05, 3.63) is 40.9 Å². The van der Waals surface area contributed by atoms with Crippen LogP contribution in [0.1, 0.15) is 25.0 Å². The molecule has 17 heavy (non-hydrogen) atoms. The zero-order valence-electron chi connectivity index (χ0n) is 9.61. The molecule has 0 bridgehead atoms. The molecule has 1 N–H and O–H groups in total. The normalized spacial score (nSPS) is 10.5. The van der Waals surface area contributed by atoms with Crippen molar-refractivity contribution >= 4 is 11.6 Å². The molecular weight excluding hydrogens is 238 g/mol. The molecule has 0 aliphatic rings. The van der Waals surface area contributed by atoms with Crippen LogP contribution in [-0.2, 0) is 13.0 Å². The van der Waals surface area contributed by atoms with Crippen LogP contribution >= 0.6 is 11.6 Å². The Balaban J connectivity index is 1.93. The van der Waals surface area contributed by atoms with Gasteiger partial charge in [0.05, 0.1) is 0 Å². The molecule has 1 aromatic heterocycles. The van der Waals surface area contributed by atoms with E-state index in [0.717, 1.165) is 30.2 Å². The standard InChI is InChI=1S/C12H14ClN3O/c1-2-4-11-14-12(16-15-11)8-17-10-6-3-5-9(13)7-10/h3,5-7H,2,4,8H2,1H3,(H,14,15,16). The number of nitrogens with one attached hydrogen (secondary N) is 1. The second kappa shape index (κ2) is 5.68. The summed E-state index contributed by atoms with van der Waals surface area (Å²) in [6.45, 7) is 2.47. The lowest BCUT2D eigenvalue weighted by Gasteiger charge is -2.03. The molecular formula is C12H14ClN3O. The molecule has 0 amide bonds. The maximum atomic E-state index is 5.86. The van der Waals surface area contributed by atoms with E-state index in [4.69, 9.17) is 16.3 Å². The van der Waals surface area contributed by atoms with E-state index >= 15 is 0 Å². The highest BCUT2D eigenvalue weighted by Gasteiger charge is 2.03. The largest absolute Gasteiger partial charge is 0.486 e. The van der Waals surface area contributed by atoms with Crippen LogP contribution in [0.15, 0.2) is 24.3 Å². The predicted octanol–water partition coefficient (Wildman–Crippen LogP) is 2.99. The molecule has 0 unspecified atom stereocenters. The van der Waals surface area contributed by atoms with Gasteiger partial charge >= 0.3 is 0 Å². The Kier molecular flexibility index (Phi) is 3.98. The summed E-state index contributed by atoms with van der Waals surface area (Å²) in [5, 5.41) is 7.61. The van der Waals surface area contributed by atoms with Crippen LogP contribution in [-0.4, -0.2) is 15.2 Å². The Labute approximate surface area is 105 Å². The lowest BCUT2D eigenvalue weighted by atomic mass is 10.3. The number of aromatic nitrogens is 3. The van der Waals surface area contributed by atoms with Crippen molar-refractivity contribution in [3.63, 3.8) is 0 Å². The van der Waals surface area contributed by atoms with E-state index in [9.17, 15) is 0 Å². The number of aryl methyl sites for hydroxylation is 1. The first kappa shape index (κ1) is 11.9. The molecule has 0 saturated carbocycles. The molecule has 0 atom stereocenters. The zero-order chi connectivity index (χ0) is 12.1. The molecule has 0 radical (unpaired) electrons. The minimum atomic E-state index is 0.372.